The monoisotopic (exact) mass is 274 g/mol. The normalized spacial score (nSPS) is 20.9. The Balaban J connectivity index is 2.07. The Hall–Kier alpha value is -1.94. The molecule has 1 aromatic carbocycles. The molecule has 2 aliphatic heterocycles. The van der Waals surface area contributed by atoms with Gasteiger partial charge in [-0.3, -0.25) is 14.8 Å². The molecule has 0 aliphatic carbocycles. The Kier molecular flexibility index (Phi) is 2.95. The van der Waals surface area contributed by atoms with Crippen LogP contribution in [0, 0.1) is 0 Å². The SMILES string of the molecule is COc1cc(Cl)cc(C2N=CC(=O)C3=C2N=CC3)c1. The minimum atomic E-state index is -0.279. The number of aliphatic imine (C=N–C) groups is 2. The highest BCUT2D eigenvalue weighted by molar-refractivity contribution is 6.37. The fraction of sp³-hybridized carbons (Fsp3) is 0.214. The Bertz CT molecular complexity index is 647. The number of hydrogen-bond donors (Lipinski definition) is 0. The first kappa shape index (κ1) is 12.1. The van der Waals surface area contributed by atoms with Crippen molar-refractivity contribution < 1.29 is 9.53 Å². The summed E-state index contributed by atoms with van der Waals surface area (Å²) in [4.78, 5) is 20.3. The van der Waals surface area contributed by atoms with Gasteiger partial charge in [0.15, 0.2) is 0 Å². The molecule has 4 nitrogen and oxygen atoms in total. The molecule has 0 spiro atoms. The lowest BCUT2D eigenvalue weighted by Crippen LogP contribution is -2.14. The number of carbonyl (C=O) groups is 1. The molecule has 5 heteroatoms. The quantitative estimate of drug-likeness (QED) is 0.833. The molecule has 0 radical (unpaired) electrons. The zero-order valence-electron chi connectivity index (χ0n) is 10.3. The highest BCUT2D eigenvalue weighted by atomic mass is 35.5. The van der Waals surface area contributed by atoms with Gasteiger partial charge in [-0.25, -0.2) is 0 Å². The first-order valence-corrected chi connectivity index (χ1v) is 6.24. The molecule has 0 aromatic heterocycles. The van der Waals surface area contributed by atoms with Crippen molar-refractivity contribution in [1.82, 2.24) is 0 Å². The molecule has 0 N–H and O–H groups in total. The second-order valence-electron chi connectivity index (χ2n) is 4.35. The first-order chi connectivity index (χ1) is 9.19. The van der Waals surface area contributed by atoms with Gasteiger partial charge in [0.05, 0.1) is 19.0 Å². The maximum absolute atomic E-state index is 11.7. The maximum atomic E-state index is 11.7. The predicted molar refractivity (Wildman–Crippen MR) is 74.4 cm³/mol. The lowest BCUT2D eigenvalue weighted by Gasteiger charge is -2.18. The van der Waals surface area contributed by atoms with Gasteiger partial charge in [-0.2, -0.15) is 0 Å². The zero-order valence-corrected chi connectivity index (χ0v) is 11.0. The number of ether oxygens (including phenoxy) is 1. The van der Waals surface area contributed by atoms with Crippen LogP contribution in [0.3, 0.4) is 0 Å². The molecule has 3 rings (SSSR count). The van der Waals surface area contributed by atoms with Crippen LogP contribution in [-0.2, 0) is 4.79 Å². The largest absolute Gasteiger partial charge is 0.497 e. The predicted octanol–water partition coefficient (Wildman–Crippen LogP) is 2.77. The van der Waals surface area contributed by atoms with Crippen molar-refractivity contribution in [2.45, 2.75) is 12.5 Å². The van der Waals surface area contributed by atoms with Gasteiger partial charge in [0.1, 0.15) is 11.8 Å². The molecule has 19 heavy (non-hydrogen) atoms. The van der Waals surface area contributed by atoms with Gasteiger partial charge >= 0.3 is 0 Å². The fourth-order valence-electron chi connectivity index (χ4n) is 2.28. The van der Waals surface area contributed by atoms with Crippen LogP contribution in [0.1, 0.15) is 18.0 Å². The number of Topliss-reactive ketones (excluding diaryl/α,β-unsaturated/α-hetero) is 1. The van der Waals surface area contributed by atoms with Crippen molar-refractivity contribution in [3.8, 4) is 5.75 Å². The van der Waals surface area contributed by atoms with E-state index in [1.807, 2.05) is 12.1 Å². The van der Waals surface area contributed by atoms with E-state index in [9.17, 15) is 4.79 Å². The molecule has 2 heterocycles. The Labute approximate surface area is 115 Å². The van der Waals surface area contributed by atoms with E-state index in [1.165, 1.54) is 6.21 Å². The van der Waals surface area contributed by atoms with Crippen LogP contribution in [0.15, 0.2) is 39.5 Å². The summed E-state index contributed by atoms with van der Waals surface area (Å²) in [7, 11) is 1.58. The molecule has 0 bridgehead atoms. The van der Waals surface area contributed by atoms with Gasteiger partial charge < -0.3 is 4.74 Å². The van der Waals surface area contributed by atoms with Gasteiger partial charge in [-0.15, -0.1) is 0 Å². The summed E-state index contributed by atoms with van der Waals surface area (Å²) >= 11 is 6.07. The number of benzene rings is 1. The lowest BCUT2D eigenvalue weighted by atomic mass is 9.96. The number of allylic oxidation sites excluding steroid dienone is 1. The van der Waals surface area contributed by atoms with Crippen molar-refractivity contribution >= 4 is 29.8 Å². The number of halogens is 1. The van der Waals surface area contributed by atoms with Gasteiger partial charge in [-0.05, 0) is 23.8 Å². The summed E-state index contributed by atoms with van der Waals surface area (Å²) in [6.07, 6.45) is 3.69. The van der Waals surface area contributed by atoms with Crippen LogP contribution in [-0.4, -0.2) is 25.3 Å². The van der Waals surface area contributed by atoms with Gasteiger partial charge in [0.2, 0.25) is 5.78 Å². The zero-order chi connectivity index (χ0) is 13.4. The number of nitrogens with zero attached hydrogens (tertiary/aromatic N) is 2. The number of methoxy groups -OCH3 is 1. The minimum Gasteiger partial charge on any atom is -0.497 e. The van der Waals surface area contributed by atoms with Gasteiger partial charge in [-0.1, -0.05) is 11.6 Å². The van der Waals surface area contributed by atoms with E-state index < -0.39 is 0 Å². The second-order valence-corrected chi connectivity index (χ2v) is 4.79. The van der Waals surface area contributed by atoms with Crippen molar-refractivity contribution in [2.24, 2.45) is 9.98 Å². The van der Waals surface area contributed by atoms with Gasteiger partial charge in [0, 0.05) is 23.2 Å². The Morgan fingerprint density at radius 2 is 2.21 bits per heavy atom. The Morgan fingerprint density at radius 1 is 1.37 bits per heavy atom. The summed E-state index contributed by atoms with van der Waals surface area (Å²) in [6.45, 7) is 0. The highest BCUT2D eigenvalue weighted by Gasteiger charge is 2.29. The van der Waals surface area contributed by atoms with Crippen LogP contribution in [0.5, 0.6) is 5.75 Å². The van der Waals surface area contributed by atoms with Crippen LogP contribution >= 0.6 is 11.6 Å². The molecule has 2 aliphatic rings. The van der Waals surface area contributed by atoms with Crippen molar-refractivity contribution in [3.63, 3.8) is 0 Å². The van der Waals surface area contributed by atoms with E-state index in [1.54, 1.807) is 19.4 Å². The van der Waals surface area contributed by atoms with Crippen LogP contribution < -0.4 is 4.74 Å². The van der Waals surface area contributed by atoms with Crippen LogP contribution in [0.25, 0.3) is 0 Å². The topological polar surface area (TPSA) is 51.0 Å². The molecular weight excluding hydrogens is 264 g/mol. The molecule has 0 amide bonds. The number of rotatable bonds is 2. The van der Waals surface area contributed by atoms with E-state index in [2.05, 4.69) is 9.98 Å². The molecule has 0 fully saturated rings. The molecular formula is C14H11ClN2O2. The van der Waals surface area contributed by atoms with Crippen LogP contribution in [0.4, 0.5) is 0 Å². The average molecular weight is 275 g/mol. The minimum absolute atomic E-state index is 0.0576. The van der Waals surface area contributed by atoms with Crippen molar-refractivity contribution in [3.05, 3.63) is 40.1 Å². The summed E-state index contributed by atoms with van der Waals surface area (Å²) in [5.74, 6) is 0.608. The third-order valence-corrected chi connectivity index (χ3v) is 3.40. The number of carbonyl (C=O) groups excluding carboxylic acids is 1. The van der Waals surface area contributed by atoms with Gasteiger partial charge in [0.25, 0.3) is 0 Å². The van der Waals surface area contributed by atoms with E-state index in [0.717, 1.165) is 16.8 Å². The average Bonchev–Trinajstić information content (AvgIpc) is 2.88. The highest BCUT2D eigenvalue weighted by Crippen LogP contribution is 2.37. The third-order valence-electron chi connectivity index (χ3n) is 3.18. The summed E-state index contributed by atoms with van der Waals surface area (Å²) in [6, 6.07) is 5.14. The number of ketones is 1. The summed E-state index contributed by atoms with van der Waals surface area (Å²) in [5, 5.41) is 0.575. The summed E-state index contributed by atoms with van der Waals surface area (Å²) in [5.41, 5.74) is 2.32. The third kappa shape index (κ3) is 2.08. The smallest absolute Gasteiger partial charge is 0.201 e. The fourth-order valence-corrected chi connectivity index (χ4v) is 2.51. The maximum Gasteiger partial charge on any atom is 0.201 e. The van der Waals surface area contributed by atoms with Crippen LogP contribution in [0.2, 0.25) is 5.02 Å². The molecule has 1 unspecified atom stereocenters. The molecule has 0 saturated carbocycles. The lowest BCUT2D eigenvalue weighted by molar-refractivity contribution is -0.109. The molecule has 0 saturated heterocycles. The van der Waals surface area contributed by atoms with E-state index in [4.69, 9.17) is 16.3 Å². The summed E-state index contributed by atoms with van der Waals surface area (Å²) < 4.78 is 5.20. The van der Waals surface area contributed by atoms with E-state index in [0.29, 0.717) is 17.2 Å². The molecule has 1 atom stereocenters. The van der Waals surface area contributed by atoms with E-state index >= 15 is 0 Å². The second kappa shape index (κ2) is 4.63. The van der Waals surface area contributed by atoms with Crippen molar-refractivity contribution in [1.29, 1.82) is 0 Å². The first-order valence-electron chi connectivity index (χ1n) is 5.86. The molecule has 1 aromatic rings. The number of hydrogen-bond acceptors (Lipinski definition) is 4. The van der Waals surface area contributed by atoms with Crippen molar-refractivity contribution in [2.75, 3.05) is 7.11 Å². The van der Waals surface area contributed by atoms with E-state index in [-0.39, 0.29) is 11.8 Å². The Morgan fingerprint density at radius 3 is 3.00 bits per heavy atom. The standard InChI is InChI=1S/C14H11ClN2O2/c1-19-10-5-8(4-9(15)6-10)13-14-11(2-3-16-14)12(18)7-17-13/h3-7,13H,2H2,1H3. The number of dihydropyridines is 1. The molecule has 96 valence electrons.